The van der Waals surface area contributed by atoms with Gasteiger partial charge in [-0.25, -0.2) is 9.78 Å². The van der Waals surface area contributed by atoms with Gasteiger partial charge >= 0.3 is 12.1 Å². The number of pyridine rings is 1. The first-order valence-corrected chi connectivity index (χ1v) is 6.37. The molecule has 0 aliphatic heterocycles. The average molecular weight is 402 g/mol. The van der Waals surface area contributed by atoms with Crippen molar-refractivity contribution in [3.63, 3.8) is 0 Å². The van der Waals surface area contributed by atoms with Gasteiger partial charge in [0, 0.05) is 10.7 Å². The van der Waals surface area contributed by atoms with Crippen molar-refractivity contribution in [3.05, 3.63) is 32.6 Å². The molecule has 0 atom stereocenters. The Hall–Kier alpha value is -1.09. The van der Waals surface area contributed by atoms with E-state index in [1.807, 2.05) is 0 Å². The molecule has 4 nitrogen and oxygen atoms in total. The third-order valence-electron chi connectivity index (χ3n) is 2.31. The zero-order chi connectivity index (χ0) is 14.4. The van der Waals surface area contributed by atoms with Crippen LogP contribution >= 0.6 is 31.9 Å². The summed E-state index contributed by atoms with van der Waals surface area (Å²) in [6.45, 7) is 0. The summed E-state index contributed by atoms with van der Waals surface area (Å²) in [5, 5.41) is 0. The van der Waals surface area contributed by atoms with Crippen LogP contribution in [-0.4, -0.2) is 22.5 Å². The molecule has 0 radical (unpaired) electrons. The number of rotatable bonds is 1. The van der Waals surface area contributed by atoms with Crippen molar-refractivity contribution in [2.45, 2.75) is 6.18 Å². The molecule has 0 saturated carbocycles. The van der Waals surface area contributed by atoms with Gasteiger partial charge < -0.3 is 4.74 Å². The van der Waals surface area contributed by atoms with Crippen LogP contribution < -0.4 is 0 Å². The van der Waals surface area contributed by atoms with E-state index in [0.717, 1.165) is 17.6 Å². The summed E-state index contributed by atoms with van der Waals surface area (Å²) >= 11 is 6.03. The Morgan fingerprint density at radius 2 is 2.05 bits per heavy atom. The topological polar surface area (TPSA) is 43.6 Å². The molecule has 2 aromatic rings. The average Bonchev–Trinajstić information content (AvgIpc) is 2.64. The van der Waals surface area contributed by atoms with Crippen LogP contribution in [0.5, 0.6) is 0 Å². The van der Waals surface area contributed by atoms with E-state index in [-0.39, 0.29) is 20.4 Å². The van der Waals surface area contributed by atoms with E-state index in [2.05, 4.69) is 41.6 Å². The largest absolute Gasteiger partial charge is 0.464 e. The molecular weight excluding hydrogens is 397 g/mol. The minimum Gasteiger partial charge on any atom is -0.464 e. The van der Waals surface area contributed by atoms with Crippen molar-refractivity contribution in [3.8, 4) is 0 Å². The summed E-state index contributed by atoms with van der Waals surface area (Å²) in [7, 11) is 1.12. The van der Waals surface area contributed by atoms with Gasteiger partial charge in [0.1, 0.15) is 4.60 Å². The van der Waals surface area contributed by atoms with Crippen molar-refractivity contribution in [1.82, 2.24) is 9.38 Å². The van der Waals surface area contributed by atoms with E-state index in [1.165, 1.54) is 6.20 Å². The van der Waals surface area contributed by atoms with E-state index in [0.29, 0.717) is 0 Å². The highest BCUT2D eigenvalue weighted by Crippen LogP contribution is 2.35. The minimum atomic E-state index is -4.58. The van der Waals surface area contributed by atoms with Crippen LogP contribution in [0.4, 0.5) is 13.2 Å². The highest BCUT2D eigenvalue weighted by molar-refractivity contribution is 9.10. The Morgan fingerprint density at radius 1 is 1.42 bits per heavy atom. The van der Waals surface area contributed by atoms with Crippen molar-refractivity contribution in [2.75, 3.05) is 7.11 Å². The Balaban J connectivity index is 2.83. The standard InChI is InChI=1S/C10H5Br2F3N2O2/c1-19-9(18)6-7(12)17-3-4(11)2-5(8(17)16-6)10(13,14)15/h2-3H,1H3. The van der Waals surface area contributed by atoms with Gasteiger partial charge in [-0.2, -0.15) is 13.2 Å². The number of esters is 1. The van der Waals surface area contributed by atoms with E-state index in [4.69, 9.17) is 0 Å². The summed E-state index contributed by atoms with van der Waals surface area (Å²) in [4.78, 5) is 15.1. The second-order valence-corrected chi connectivity index (χ2v) is 5.17. The van der Waals surface area contributed by atoms with Gasteiger partial charge in [-0.05, 0) is 37.9 Å². The maximum atomic E-state index is 12.9. The maximum Gasteiger partial charge on any atom is 0.420 e. The molecule has 0 unspecified atom stereocenters. The predicted octanol–water partition coefficient (Wildman–Crippen LogP) is 3.66. The number of fused-ring (bicyclic) bond motifs is 1. The van der Waals surface area contributed by atoms with Crippen LogP contribution in [0, 0.1) is 0 Å². The number of imidazole rings is 1. The normalized spacial score (nSPS) is 11.9. The highest BCUT2D eigenvalue weighted by atomic mass is 79.9. The monoisotopic (exact) mass is 400 g/mol. The number of carbonyl (C=O) groups is 1. The number of alkyl halides is 3. The van der Waals surface area contributed by atoms with Gasteiger partial charge in [0.25, 0.3) is 0 Å². The molecule has 9 heteroatoms. The van der Waals surface area contributed by atoms with Crippen LogP contribution in [0.15, 0.2) is 21.3 Å². The van der Waals surface area contributed by atoms with E-state index >= 15 is 0 Å². The molecule has 0 aliphatic carbocycles. The van der Waals surface area contributed by atoms with E-state index in [9.17, 15) is 18.0 Å². The number of halogens is 5. The molecule has 102 valence electrons. The van der Waals surface area contributed by atoms with Crippen LogP contribution in [0.3, 0.4) is 0 Å². The first-order chi connectivity index (χ1) is 8.75. The SMILES string of the molecule is COC(=O)c1nc2c(C(F)(F)F)cc(Br)cn2c1Br. The zero-order valence-corrected chi connectivity index (χ0v) is 12.4. The van der Waals surface area contributed by atoms with Crippen molar-refractivity contribution >= 4 is 43.5 Å². The lowest BCUT2D eigenvalue weighted by Crippen LogP contribution is -2.08. The molecule has 0 bridgehead atoms. The number of hydrogen-bond donors (Lipinski definition) is 0. The lowest BCUT2D eigenvalue weighted by atomic mass is 10.2. The van der Waals surface area contributed by atoms with Crippen molar-refractivity contribution < 1.29 is 22.7 Å². The van der Waals surface area contributed by atoms with Gasteiger partial charge in [0.05, 0.1) is 12.7 Å². The fourth-order valence-corrected chi connectivity index (χ4v) is 2.47. The van der Waals surface area contributed by atoms with Crippen molar-refractivity contribution in [2.24, 2.45) is 0 Å². The number of aromatic nitrogens is 2. The molecule has 0 spiro atoms. The Bertz CT molecular complexity index is 667. The zero-order valence-electron chi connectivity index (χ0n) is 9.26. The smallest absolute Gasteiger partial charge is 0.420 e. The summed E-state index contributed by atoms with van der Waals surface area (Å²) in [6, 6.07) is 0.899. The van der Waals surface area contributed by atoms with Crippen LogP contribution in [0.25, 0.3) is 5.65 Å². The van der Waals surface area contributed by atoms with Crippen LogP contribution in [-0.2, 0) is 10.9 Å². The number of ether oxygens (including phenoxy) is 1. The molecule has 19 heavy (non-hydrogen) atoms. The van der Waals surface area contributed by atoms with Crippen LogP contribution in [0.1, 0.15) is 16.1 Å². The summed E-state index contributed by atoms with van der Waals surface area (Å²) in [5.74, 6) is -0.820. The third kappa shape index (κ3) is 2.48. The molecule has 0 amide bonds. The van der Waals surface area contributed by atoms with Gasteiger partial charge in [-0.3, -0.25) is 4.40 Å². The predicted molar refractivity (Wildman–Crippen MR) is 66.9 cm³/mol. The number of hydrogen-bond acceptors (Lipinski definition) is 3. The Morgan fingerprint density at radius 3 is 2.58 bits per heavy atom. The second-order valence-electron chi connectivity index (χ2n) is 3.51. The lowest BCUT2D eigenvalue weighted by molar-refractivity contribution is -0.136. The van der Waals surface area contributed by atoms with E-state index < -0.39 is 17.7 Å². The van der Waals surface area contributed by atoms with Crippen LogP contribution in [0.2, 0.25) is 0 Å². The number of carbonyl (C=O) groups excluding carboxylic acids is 1. The van der Waals surface area contributed by atoms with Gasteiger partial charge in [-0.15, -0.1) is 0 Å². The molecule has 2 heterocycles. The maximum absolute atomic E-state index is 12.9. The molecular formula is C10H5Br2F3N2O2. The minimum absolute atomic E-state index is 0.0983. The molecule has 2 rings (SSSR count). The molecule has 0 saturated heterocycles. The van der Waals surface area contributed by atoms with Gasteiger partial charge in [0.2, 0.25) is 0 Å². The lowest BCUT2D eigenvalue weighted by Gasteiger charge is -2.08. The first kappa shape index (κ1) is 14.3. The Kier molecular flexibility index (Phi) is 3.61. The molecule has 0 N–H and O–H groups in total. The highest BCUT2D eigenvalue weighted by Gasteiger charge is 2.35. The number of methoxy groups -OCH3 is 1. The number of nitrogens with zero attached hydrogens (tertiary/aromatic N) is 2. The van der Waals surface area contributed by atoms with E-state index in [1.54, 1.807) is 0 Å². The molecule has 0 fully saturated rings. The fraction of sp³-hybridized carbons (Fsp3) is 0.200. The first-order valence-electron chi connectivity index (χ1n) is 4.78. The summed E-state index contributed by atoms with van der Waals surface area (Å²) in [5.41, 5.74) is -1.54. The summed E-state index contributed by atoms with van der Waals surface area (Å²) in [6.07, 6.45) is -3.21. The third-order valence-corrected chi connectivity index (χ3v) is 3.50. The fourth-order valence-electron chi connectivity index (χ4n) is 1.52. The van der Waals surface area contributed by atoms with Crippen molar-refractivity contribution in [1.29, 1.82) is 0 Å². The summed E-state index contributed by atoms with van der Waals surface area (Å²) < 4.78 is 44.6. The van der Waals surface area contributed by atoms with Gasteiger partial charge in [-0.1, -0.05) is 0 Å². The quantitative estimate of drug-likeness (QED) is 0.685. The molecule has 0 aliphatic rings. The molecule has 2 aromatic heterocycles. The van der Waals surface area contributed by atoms with Gasteiger partial charge in [0.15, 0.2) is 11.3 Å². The molecule has 0 aromatic carbocycles. The Labute approximate surface area is 121 Å². The second kappa shape index (κ2) is 4.78.